The van der Waals surface area contributed by atoms with E-state index in [0.29, 0.717) is 11.5 Å². The first-order chi connectivity index (χ1) is 32.0. The van der Waals surface area contributed by atoms with Gasteiger partial charge in [-0.1, -0.05) is 167 Å². The van der Waals surface area contributed by atoms with E-state index in [1.807, 2.05) is 0 Å². The molecule has 0 unspecified atom stereocenters. The van der Waals surface area contributed by atoms with Crippen LogP contribution in [-0.4, -0.2) is 31.3 Å². The third kappa shape index (κ3) is 7.08. The van der Waals surface area contributed by atoms with Crippen molar-refractivity contribution in [2.75, 3.05) is 0 Å². The molecule has 0 aliphatic heterocycles. The molecule has 1 heterocycles. The fraction of sp³-hybridized carbons (Fsp3) is 0.525. The molecule has 0 amide bonds. The number of aromatic hydroxyl groups is 2. The summed E-state index contributed by atoms with van der Waals surface area (Å²) in [4.78, 5) is 5.59. The molecule has 66 heavy (non-hydrogen) atoms. The molecule has 346 valence electrons. The van der Waals surface area contributed by atoms with Gasteiger partial charge in [-0.3, -0.25) is 0 Å². The van der Waals surface area contributed by atoms with Crippen LogP contribution in [-0.2, 0) is 10.8 Å². The molecule has 5 aromatic rings. The standard InChI is InChI=1S/C61H77NO2Si2/c1-7-65(8-2,9-3)46-30-52(58(63)54(32-46)60-34-40-24-41(35-60)26-42(25-40)36-60)48-18-13-15-20-50(48)56-22-17-23-57(62-56)51-21-16-14-19-49(51)53-31-47(66(10-4,11-5)12-6)33-55(59(53)64)61-37-43-27-44(38-61)29-45(28-43)39-61/h13-23,30-33,40-45,63-64H,7-12,24-29,34-39H2,1-6H3. The van der Waals surface area contributed by atoms with E-state index in [-0.39, 0.29) is 10.8 Å². The third-order valence-electron chi connectivity index (χ3n) is 20.5. The second kappa shape index (κ2) is 16.9. The Balaban J connectivity index is 1.05. The molecule has 8 bridgehead atoms. The van der Waals surface area contributed by atoms with Crippen LogP contribution in [0.5, 0.6) is 11.5 Å². The first-order valence-corrected chi connectivity index (χ1v) is 32.2. The minimum absolute atomic E-state index is 0.0851. The van der Waals surface area contributed by atoms with Crippen molar-refractivity contribution in [2.24, 2.45) is 35.5 Å². The second-order valence-corrected chi connectivity index (χ2v) is 33.9. The van der Waals surface area contributed by atoms with Gasteiger partial charge in [0.05, 0.1) is 27.5 Å². The number of rotatable bonds is 14. The zero-order valence-electron chi connectivity index (χ0n) is 41.2. The summed E-state index contributed by atoms with van der Waals surface area (Å²) in [6.45, 7) is 14.5. The van der Waals surface area contributed by atoms with Crippen molar-refractivity contribution < 1.29 is 10.2 Å². The molecular formula is C61H77NO2Si2. The van der Waals surface area contributed by atoms with Crippen molar-refractivity contribution in [1.29, 1.82) is 0 Å². The summed E-state index contributed by atoms with van der Waals surface area (Å²) in [6, 6.07) is 41.3. The van der Waals surface area contributed by atoms with Gasteiger partial charge in [0.25, 0.3) is 0 Å². The molecule has 8 fully saturated rings. The van der Waals surface area contributed by atoms with Crippen LogP contribution in [0.4, 0.5) is 0 Å². The highest BCUT2D eigenvalue weighted by Crippen LogP contribution is 2.64. The van der Waals surface area contributed by atoms with Gasteiger partial charge in [0.2, 0.25) is 0 Å². The lowest BCUT2D eigenvalue weighted by Crippen LogP contribution is -2.50. The molecule has 8 aliphatic rings. The van der Waals surface area contributed by atoms with Crippen molar-refractivity contribution in [3.8, 4) is 56.3 Å². The highest BCUT2D eigenvalue weighted by atomic mass is 28.3. The van der Waals surface area contributed by atoms with Crippen molar-refractivity contribution in [3.63, 3.8) is 0 Å². The van der Waals surface area contributed by atoms with E-state index in [9.17, 15) is 10.2 Å². The number of benzene rings is 4. The topological polar surface area (TPSA) is 53.4 Å². The minimum atomic E-state index is -1.81. The number of phenols is 2. The van der Waals surface area contributed by atoms with Gasteiger partial charge < -0.3 is 10.2 Å². The number of hydrogen-bond donors (Lipinski definition) is 2. The Bertz CT molecular complexity index is 2370. The molecule has 3 nitrogen and oxygen atoms in total. The normalized spacial score (nSPS) is 28.6. The quantitative estimate of drug-likeness (QED) is 0.109. The van der Waals surface area contributed by atoms with E-state index < -0.39 is 16.1 Å². The summed E-state index contributed by atoms with van der Waals surface area (Å²) in [5.41, 5.74) is 10.8. The molecule has 13 rings (SSSR count). The number of phenolic OH excluding ortho intramolecular Hbond substituents is 2. The molecule has 4 aromatic carbocycles. The predicted molar refractivity (Wildman–Crippen MR) is 283 cm³/mol. The van der Waals surface area contributed by atoms with E-state index in [1.54, 1.807) is 0 Å². The summed E-state index contributed by atoms with van der Waals surface area (Å²) < 4.78 is 0. The number of pyridine rings is 1. The monoisotopic (exact) mass is 912 g/mol. The lowest BCUT2D eigenvalue weighted by atomic mass is 9.48. The number of hydrogen-bond acceptors (Lipinski definition) is 3. The van der Waals surface area contributed by atoms with Crippen LogP contribution >= 0.6 is 0 Å². The van der Waals surface area contributed by atoms with Crippen LogP contribution in [0.3, 0.4) is 0 Å². The van der Waals surface area contributed by atoms with Crippen molar-refractivity contribution in [3.05, 3.63) is 102 Å². The average Bonchev–Trinajstić information content (AvgIpc) is 3.33. The minimum Gasteiger partial charge on any atom is -0.507 e. The van der Waals surface area contributed by atoms with Crippen molar-refractivity contribution in [2.45, 2.75) is 166 Å². The van der Waals surface area contributed by atoms with Crippen LogP contribution in [0, 0.1) is 35.5 Å². The molecule has 2 N–H and O–H groups in total. The predicted octanol–water partition coefficient (Wildman–Crippen LogP) is 15.5. The van der Waals surface area contributed by atoms with Gasteiger partial charge in [-0.2, -0.15) is 0 Å². The highest BCUT2D eigenvalue weighted by Gasteiger charge is 2.54. The van der Waals surface area contributed by atoms with Gasteiger partial charge in [-0.15, -0.1) is 0 Å². The van der Waals surface area contributed by atoms with E-state index in [1.165, 1.54) is 135 Å². The summed E-state index contributed by atoms with van der Waals surface area (Å²) in [7, 11) is -3.62. The maximum Gasteiger partial charge on any atom is 0.127 e. The van der Waals surface area contributed by atoms with Crippen LogP contribution in [0.2, 0.25) is 36.3 Å². The Morgan fingerprint density at radius 1 is 0.409 bits per heavy atom. The first-order valence-electron chi connectivity index (χ1n) is 26.9. The maximum atomic E-state index is 12.9. The Kier molecular flexibility index (Phi) is 11.4. The Morgan fingerprint density at radius 2 is 0.712 bits per heavy atom. The molecule has 0 spiro atoms. The molecule has 8 saturated carbocycles. The van der Waals surface area contributed by atoms with Gasteiger partial charge >= 0.3 is 0 Å². The molecule has 8 aliphatic carbocycles. The number of nitrogens with zero attached hydrogens (tertiary/aromatic N) is 1. The molecule has 0 radical (unpaired) electrons. The van der Waals surface area contributed by atoms with E-state index in [0.717, 1.165) is 80.3 Å². The first kappa shape index (κ1) is 44.6. The average molecular weight is 912 g/mol. The summed E-state index contributed by atoms with van der Waals surface area (Å²) in [5.74, 6) is 5.87. The van der Waals surface area contributed by atoms with Crippen LogP contribution in [0.25, 0.3) is 44.8 Å². The lowest BCUT2D eigenvalue weighted by Gasteiger charge is -2.57. The lowest BCUT2D eigenvalue weighted by molar-refractivity contribution is -0.00621. The van der Waals surface area contributed by atoms with Crippen LogP contribution in [0.1, 0.15) is 130 Å². The summed E-state index contributed by atoms with van der Waals surface area (Å²) in [5, 5.41) is 28.9. The zero-order valence-corrected chi connectivity index (χ0v) is 43.2. The highest BCUT2D eigenvalue weighted by molar-refractivity contribution is 6.92. The second-order valence-electron chi connectivity index (χ2n) is 23.4. The Morgan fingerprint density at radius 3 is 1.02 bits per heavy atom. The van der Waals surface area contributed by atoms with Gasteiger partial charge in [0.1, 0.15) is 11.5 Å². The Hall–Kier alpha value is -3.94. The maximum absolute atomic E-state index is 12.9. The zero-order chi connectivity index (χ0) is 45.6. The fourth-order valence-corrected chi connectivity index (χ4v) is 24.6. The smallest absolute Gasteiger partial charge is 0.127 e. The molecule has 0 atom stereocenters. The van der Waals surface area contributed by atoms with E-state index in [2.05, 4.69) is 133 Å². The van der Waals surface area contributed by atoms with Crippen molar-refractivity contribution in [1.82, 2.24) is 4.98 Å². The SMILES string of the molecule is CC[Si](CC)(CC)c1cc(-c2ccccc2-c2cccc(-c3ccccc3-c3cc([Si](CC)(CC)CC)cc(C45CC6CC(CC(C6)C4)C5)c3O)n2)c(O)c(C23CC4CC(CC(C4)C2)C3)c1. The largest absolute Gasteiger partial charge is 0.507 e. The van der Waals surface area contributed by atoms with Gasteiger partial charge in [-0.25, -0.2) is 4.98 Å². The van der Waals surface area contributed by atoms with Gasteiger partial charge in [0, 0.05) is 33.4 Å². The molecular weight excluding hydrogens is 835 g/mol. The van der Waals surface area contributed by atoms with Crippen molar-refractivity contribution >= 4 is 26.5 Å². The molecule has 5 heteroatoms. The fourth-order valence-electron chi connectivity index (χ4n) is 17.3. The summed E-state index contributed by atoms with van der Waals surface area (Å²) in [6.07, 6.45) is 15.8. The summed E-state index contributed by atoms with van der Waals surface area (Å²) >= 11 is 0. The number of aromatic nitrogens is 1. The van der Waals surface area contributed by atoms with Gasteiger partial charge in [0.15, 0.2) is 0 Å². The van der Waals surface area contributed by atoms with E-state index >= 15 is 0 Å². The molecule has 1 aromatic heterocycles. The molecule has 0 saturated heterocycles. The van der Waals surface area contributed by atoms with Crippen LogP contribution < -0.4 is 10.4 Å². The van der Waals surface area contributed by atoms with E-state index in [4.69, 9.17) is 4.98 Å². The van der Waals surface area contributed by atoms with Gasteiger partial charge in [-0.05, 0) is 147 Å². The Labute approximate surface area is 399 Å². The third-order valence-corrected chi connectivity index (χ3v) is 31.6. The van der Waals surface area contributed by atoms with Crippen LogP contribution in [0.15, 0.2) is 91.0 Å².